The Hall–Kier alpha value is -1.88. The van der Waals surface area contributed by atoms with Crippen LogP contribution in [0.15, 0.2) is 24.3 Å². The van der Waals surface area contributed by atoms with Crippen LogP contribution in [0.4, 0.5) is 10.1 Å². The highest BCUT2D eigenvalue weighted by Gasteiger charge is 1.98. The Labute approximate surface area is 99.3 Å². The second-order valence-electron chi connectivity index (χ2n) is 3.40. The average molecular weight is 238 g/mol. The number of hydrogen-bond acceptors (Lipinski definition) is 3. The van der Waals surface area contributed by atoms with E-state index in [0.717, 1.165) is 0 Å². The van der Waals surface area contributed by atoms with Crippen LogP contribution in [-0.2, 0) is 9.53 Å². The summed E-state index contributed by atoms with van der Waals surface area (Å²) in [4.78, 5) is 11.3. The Morgan fingerprint density at radius 1 is 1.59 bits per heavy atom. The van der Waals surface area contributed by atoms with Crippen molar-refractivity contribution in [2.45, 2.75) is 0 Å². The maximum absolute atomic E-state index is 12.9. The number of ether oxygens (including phenoxy) is 1. The summed E-state index contributed by atoms with van der Waals surface area (Å²) >= 11 is 0. The van der Waals surface area contributed by atoms with Crippen LogP contribution in [0.3, 0.4) is 0 Å². The zero-order valence-electron chi connectivity index (χ0n) is 9.57. The summed E-state index contributed by atoms with van der Waals surface area (Å²) in [5.41, 5.74) is 6.13. The summed E-state index contributed by atoms with van der Waals surface area (Å²) in [6.45, 7) is 0.911. The van der Waals surface area contributed by atoms with E-state index < -0.39 is 5.82 Å². The zero-order valence-corrected chi connectivity index (χ0v) is 9.57. The second-order valence-corrected chi connectivity index (χ2v) is 3.40. The van der Waals surface area contributed by atoms with Crippen molar-refractivity contribution >= 4 is 17.7 Å². The number of halogens is 1. The molecule has 3 N–H and O–H groups in total. The van der Waals surface area contributed by atoms with Crippen LogP contribution < -0.4 is 11.1 Å². The molecule has 5 heteroatoms. The molecule has 0 fully saturated rings. The summed E-state index contributed by atoms with van der Waals surface area (Å²) in [6.07, 6.45) is 2.93. The van der Waals surface area contributed by atoms with E-state index >= 15 is 0 Å². The first-order chi connectivity index (χ1) is 8.13. The molecule has 0 aliphatic heterocycles. The minimum atomic E-state index is -0.466. The standard InChI is InChI=1S/C12H15FN2O2/c1-17-7-6-15-12(16)5-3-9-2-4-10(13)11(14)8-9/h2-5,8H,6-7,14H2,1H3,(H,15,16)/b5-3+. The van der Waals surface area contributed by atoms with Gasteiger partial charge in [-0.05, 0) is 23.8 Å². The maximum Gasteiger partial charge on any atom is 0.244 e. The molecule has 0 aliphatic carbocycles. The molecule has 0 radical (unpaired) electrons. The van der Waals surface area contributed by atoms with E-state index in [1.807, 2.05) is 0 Å². The Morgan fingerprint density at radius 2 is 2.35 bits per heavy atom. The highest BCUT2D eigenvalue weighted by molar-refractivity contribution is 5.91. The van der Waals surface area contributed by atoms with E-state index in [-0.39, 0.29) is 11.6 Å². The van der Waals surface area contributed by atoms with Crippen LogP contribution in [0.5, 0.6) is 0 Å². The summed E-state index contributed by atoms with van der Waals surface area (Å²) in [7, 11) is 1.56. The highest BCUT2D eigenvalue weighted by atomic mass is 19.1. The Balaban J connectivity index is 2.52. The molecule has 0 atom stereocenters. The second kappa shape index (κ2) is 6.65. The molecule has 4 nitrogen and oxygen atoms in total. The third kappa shape index (κ3) is 4.65. The first kappa shape index (κ1) is 13.2. The van der Waals surface area contributed by atoms with Gasteiger partial charge in [-0.2, -0.15) is 0 Å². The van der Waals surface area contributed by atoms with Crippen LogP contribution in [-0.4, -0.2) is 26.2 Å². The monoisotopic (exact) mass is 238 g/mol. The van der Waals surface area contributed by atoms with E-state index in [0.29, 0.717) is 18.7 Å². The third-order valence-electron chi connectivity index (χ3n) is 2.05. The normalized spacial score (nSPS) is 10.7. The van der Waals surface area contributed by atoms with Crippen LogP contribution >= 0.6 is 0 Å². The van der Waals surface area contributed by atoms with Crippen LogP contribution in [0.25, 0.3) is 6.08 Å². The topological polar surface area (TPSA) is 64.3 Å². The van der Waals surface area contributed by atoms with Crippen LogP contribution in [0, 0.1) is 5.82 Å². The molecular formula is C12H15FN2O2. The highest BCUT2D eigenvalue weighted by Crippen LogP contribution is 2.13. The van der Waals surface area contributed by atoms with Crippen molar-refractivity contribution in [1.82, 2.24) is 5.32 Å². The minimum Gasteiger partial charge on any atom is -0.396 e. The first-order valence-corrected chi connectivity index (χ1v) is 5.13. The molecule has 0 aromatic heterocycles. The number of methoxy groups -OCH3 is 1. The SMILES string of the molecule is COCCNC(=O)/C=C/c1ccc(F)c(N)c1. The fourth-order valence-electron chi connectivity index (χ4n) is 1.17. The van der Waals surface area contributed by atoms with E-state index in [9.17, 15) is 9.18 Å². The molecule has 17 heavy (non-hydrogen) atoms. The summed E-state index contributed by atoms with van der Waals surface area (Å²) in [6, 6.07) is 4.27. The van der Waals surface area contributed by atoms with Crippen LogP contribution in [0.2, 0.25) is 0 Å². The number of nitrogens with two attached hydrogens (primary N) is 1. The van der Waals surface area contributed by atoms with Gasteiger partial charge in [0, 0.05) is 19.7 Å². The lowest BCUT2D eigenvalue weighted by Gasteiger charge is -2.00. The fourth-order valence-corrected chi connectivity index (χ4v) is 1.17. The van der Waals surface area contributed by atoms with Gasteiger partial charge >= 0.3 is 0 Å². The van der Waals surface area contributed by atoms with Crippen molar-refractivity contribution in [2.75, 3.05) is 26.0 Å². The number of hydrogen-bond donors (Lipinski definition) is 2. The zero-order chi connectivity index (χ0) is 12.7. The Bertz CT molecular complexity index is 419. The number of nitrogens with one attached hydrogen (secondary N) is 1. The molecule has 0 unspecified atom stereocenters. The molecule has 0 spiro atoms. The lowest BCUT2D eigenvalue weighted by Crippen LogP contribution is -2.24. The lowest BCUT2D eigenvalue weighted by molar-refractivity contribution is -0.116. The van der Waals surface area contributed by atoms with E-state index in [1.54, 1.807) is 19.3 Å². The molecule has 0 aliphatic rings. The number of benzene rings is 1. The number of amides is 1. The van der Waals surface area contributed by atoms with Crippen molar-refractivity contribution in [3.8, 4) is 0 Å². The van der Waals surface area contributed by atoms with Gasteiger partial charge in [-0.1, -0.05) is 6.07 Å². The Morgan fingerprint density at radius 3 is 3.00 bits per heavy atom. The van der Waals surface area contributed by atoms with E-state index in [4.69, 9.17) is 10.5 Å². The van der Waals surface area contributed by atoms with Gasteiger partial charge in [-0.3, -0.25) is 4.79 Å². The number of nitrogen functional groups attached to an aromatic ring is 1. The smallest absolute Gasteiger partial charge is 0.244 e. The molecule has 0 saturated heterocycles. The number of carbonyl (C=O) groups is 1. The van der Waals surface area contributed by atoms with Crippen molar-refractivity contribution in [2.24, 2.45) is 0 Å². The molecule has 1 rings (SSSR count). The summed E-state index contributed by atoms with van der Waals surface area (Å²) in [5, 5.41) is 2.62. The fraction of sp³-hybridized carbons (Fsp3) is 0.250. The van der Waals surface area contributed by atoms with Crippen molar-refractivity contribution in [1.29, 1.82) is 0 Å². The van der Waals surface area contributed by atoms with Gasteiger partial charge in [0.15, 0.2) is 0 Å². The first-order valence-electron chi connectivity index (χ1n) is 5.13. The quantitative estimate of drug-likeness (QED) is 0.460. The third-order valence-corrected chi connectivity index (χ3v) is 2.05. The van der Waals surface area contributed by atoms with Crippen molar-refractivity contribution < 1.29 is 13.9 Å². The largest absolute Gasteiger partial charge is 0.396 e. The molecule has 0 heterocycles. The molecule has 92 valence electrons. The van der Waals surface area contributed by atoms with E-state index in [1.165, 1.54) is 18.2 Å². The van der Waals surface area contributed by atoms with Gasteiger partial charge < -0.3 is 15.8 Å². The molecule has 0 bridgehead atoms. The van der Waals surface area contributed by atoms with Crippen LogP contribution in [0.1, 0.15) is 5.56 Å². The van der Waals surface area contributed by atoms with E-state index in [2.05, 4.69) is 5.32 Å². The van der Waals surface area contributed by atoms with Gasteiger partial charge in [-0.25, -0.2) is 4.39 Å². The summed E-state index contributed by atoms with van der Waals surface area (Å²) in [5.74, 6) is -0.698. The van der Waals surface area contributed by atoms with Crippen molar-refractivity contribution in [3.05, 3.63) is 35.7 Å². The number of rotatable bonds is 5. The minimum absolute atomic E-state index is 0.0620. The van der Waals surface area contributed by atoms with Gasteiger partial charge in [0.1, 0.15) is 5.82 Å². The lowest BCUT2D eigenvalue weighted by atomic mass is 10.2. The van der Waals surface area contributed by atoms with Crippen molar-refractivity contribution in [3.63, 3.8) is 0 Å². The molecule has 1 aromatic rings. The van der Waals surface area contributed by atoms with Gasteiger partial charge in [0.2, 0.25) is 5.91 Å². The maximum atomic E-state index is 12.9. The predicted octanol–water partition coefficient (Wildman–Crippen LogP) is 1.18. The number of carbonyl (C=O) groups excluding carboxylic acids is 1. The number of anilines is 1. The Kier molecular flexibility index (Phi) is 5.16. The van der Waals surface area contributed by atoms with Gasteiger partial charge in [0.25, 0.3) is 0 Å². The van der Waals surface area contributed by atoms with Gasteiger partial charge in [0.05, 0.1) is 12.3 Å². The molecule has 1 amide bonds. The molecule has 1 aromatic carbocycles. The summed E-state index contributed by atoms with van der Waals surface area (Å²) < 4.78 is 17.6. The average Bonchev–Trinajstić information content (AvgIpc) is 2.31. The predicted molar refractivity (Wildman–Crippen MR) is 64.7 cm³/mol. The molecule has 0 saturated carbocycles. The van der Waals surface area contributed by atoms with Gasteiger partial charge in [-0.15, -0.1) is 0 Å². The molecular weight excluding hydrogens is 223 g/mol.